The Hall–Kier alpha value is -5.39. The number of benzene rings is 4. The van der Waals surface area contributed by atoms with E-state index in [9.17, 15) is 0 Å². The lowest BCUT2D eigenvalue weighted by Crippen LogP contribution is -2.28. The first-order valence-corrected chi connectivity index (χ1v) is 15.0. The van der Waals surface area contributed by atoms with Crippen molar-refractivity contribution >= 4 is 50.8 Å². The number of para-hydroxylation sites is 1. The maximum absolute atomic E-state index is 4.16. The molecule has 0 amide bonds. The molecule has 0 atom stereocenters. The van der Waals surface area contributed by atoms with Gasteiger partial charge in [-0.15, -0.1) is 0 Å². The maximum atomic E-state index is 4.16. The summed E-state index contributed by atoms with van der Waals surface area (Å²) in [5.74, 6) is 0. The van der Waals surface area contributed by atoms with Gasteiger partial charge in [-0.05, 0) is 101 Å². The Balaban J connectivity index is 1.21. The average molecular weight is 574 g/mol. The van der Waals surface area contributed by atoms with Crippen LogP contribution >= 0.6 is 11.3 Å². The Morgan fingerprint density at radius 2 is 1.00 bits per heavy atom. The number of anilines is 3. The molecule has 7 aromatic rings. The molecule has 7 rings (SSSR count). The van der Waals surface area contributed by atoms with Crippen LogP contribution in [-0.4, -0.2) is 9.97 Å². The molecule has 0 unspecified atom stereocenters. The van der Waals surface area contributed by atoms with Gasteiger partial charge in [-0.1, -0.05) is 59.9 Å². The molecule has 0 aliphatic heterocycles. The molecular weight excluding hydrogens is 545 g/mol. The van der Waals surface area contributed by atoms with Gasteiger partial charge in [-0.3, -0.25) is 9.97 Å². The van der Waals surface area contributed by atoms with Crippen LogP contribution in [0.25, 0.3) is 44.6 Å². The second-order valence-corrected chi connectivity index (χ2v) is 11.4. The third kappa shape index (κ3) is 5.59. The predicted octanol–water partition coefficient (Wildman–Crippen LogP) is 9.49. The van der Waals surface area contributed by atoms with E-state index in [1.165, 1.54) is 15.2 Å². The predicted molar refractivity (Wildman–Crippen MR) is 180 cm³/mol. The normalized spacial score (nSPS) is 11.3. The summed E-state index contributed by atoms with van der Waals surface area (Å²) in [4.78, 5) is 10.6. The van der Waals surface area contributed by atoms with Gasteiger partial charge in [0.25, 0.3) is 5.01 Å². The second kappa shape index (κ2) is 11.8. The monoisotopic (exact) mass is 573 g/mol. The smallest absolute Gasteiger partial charge is 0.262 e. The first-order chi connectivity index (χ1) is 21.2. The Morgan fingerprint density at radius 3 is 1.51 bits per heavy atom. The summed E-state index contributed by atoms with van der Waals surface area (Å²) in [6.45, 7) is 0. The van der Waals surface area contributed by atoms with E-state index in [4.69, 9.17) is 0 Å². The fraction of sp³-hybridized carbons (Fsp3) is 0.0263. The van der Waals surface area contributed by atoms with Crippen molar-refractivity contribution < 1.29 is 4.57 Å². The molecular formula is C38H29N4S+. The van der Waals surface area contributed by atoms with Crippen molar-refractivity contribution in [1.82, 2.24) is 9.97 Å². The van der Waals surface area contributed by atoms with Crippen LogP contribution in [0.4, 0.5) is 17.1 Å². The van der Waals surface area contributed by atoms with E-state index in [1.807, 2.05) is 49.1 Å². The van der Waals surface area contributed by atoms with Crippen molar-refractivity contribution in [2.45, 2.75) is 0 Å². The van der Waals surface area contributed by atoms with Gasteiger partial charge in [0, 0.05) is 54.0 Å². The van der Waals surface area contributed by atoms with Crippen molar-refractivity contribution in [2.75, 3.05) is 4.90 Å². The van der Waals surface area contributed by atoms with Crippen LogP contribution < -0.4 is 9.47 Å². The van der Waals surface area contributed by atoms with E-state index in [0.29, 0.717) is 0 Å². The molecule has 0 fully saturated rings. The molecule has 0 aliphatic carbocycles. The van der Waals surface area contributed by atoms with Gasteiger partial charge >= 0.3 is 0 Å². The topological polar surface area (TPSA) is 32.9 Å². The highest BCUT2D eigenvalue weighted by Crippen LogP contribution is 2.37. The molecule has 0 radical (unpaired) electrons. The standard InChI is InChI=1S/C38H29N4S/c1-41-36-4-2-3-5-37(36)43-38(41)19-8-28-6-13-33(14-7-28)42(34-15-9-29(10-16-34)31-20-24-39-25-21-31)35-17-11-30(12-18-35)32-22-26-40-27-23-32/h2-27H,1H3/q+1. The van der Waals surface area contributed by atoms with E-state index >= 15 is 0 Å². The summed E-state index contributed by atoms with van der Waals surface area (Å²) >= 11 is 1.81. The summed E-state index contributed by atoms with van der Waals surface area (Å²) in [6, 6.07) is 42.8. The van der Waals surface area contributed by atoms with Crippen LogP contribution in [0, 0.1) is 0 Å². The van der Waals surface area contributed by atoms with Crippen molar-refractivity contribution in [1.29, 1.82) is 0 Å². The van der Waals surface area contributed by atoms with Crippen LogP contribution in [0.1, 0.15) is 10.6 Å². The fourth-order valence-electron chi connectivity index (χ4n) is 5.31. The molecule has 5 heteroatoms. The second-order valence-electron chi connectivity index (χ2n) is 10.3. The van der Waals surface area contributed by atoms with Crippen LogP contribution in [0.5, 0.6) is 0 Å². The average Bonchev–Trinajstić information content (AvgIpc) is 3.41. The summed E-state index contributed by atoms with van der Waals surface area (Å²) in [6.07, 6.45) is 11.7. The highest BCUT2D eigenvalue weighted by atomic mass is 32.1. The number of fused-ring (bicyclic) bond motifs is 1. The van der Waals surface area contributed by atoms with Crippen LogP contribution in [-0.2, 0) is 7.05 Å². The molecule has 0 spiro atoms. The van der Waals surface area contributed by atoms with Crippen LogP contribution in [0.3, 0.4) is 0 Å². The zero-order valence-electron chi connectivity index (χ0n) is 23.7. The van der Waals surface area contributed by atoms with E-state index in [-0.39, 0.29) is 0 Å². The van der Waals surface area contributed by atoms with Gasteiger partial charge in [0.2, 0.25) is 5.52 Å². The first-order valence-electron chi connectivity index (χ1n) is 14.2. The van der Waals surface area contributed by atoms with Crippen molar-refractivity contribution in [3.8, 4) is 22.3 Å². The van der Waals surface area contributed by atoms with Crippen molar-refractivity contribution in [3.63, 3.8) is 0 Å². The third-order valence-corrected chi connectivity index (χ3v) is 8.80. The Bertz CT molecular complexity index is 1910. The van der Waals surface area contributed by atoms with Gasteiger partial charge in [-0.2, -0.15) is 4.57 Å². The highest BCUT2D eigenvalue weighted by Gasteiger charge is 2.15. The van der Waals surface area contributed by atoms with Crippen molar-refractivity contribution in [3.05, 3.63) is 157 Å². The molecule has 43 heavy (non-hydrogen) atoms. The number of hydrogen-bond donors (Lipinski definition) is 0. The third-order valence-electron chi connectivity index (χ3n) is 7.62. The number of pyridine rings is 2. The quantitative estimate of drug-likeness (QED) is 0.178. The number of hydrogen-bond acceptors (Lipinski definition) is 4. The summed E-state index contributed by atoms with van der Waals surface area (Å²) < 4.78 is 3.54. The summed E-state index contributed by atoms with van der Waals surface area (Å²) in [7, 11) is 2.12. The van der Waals surface area contributed by atoms with Gasteiger partial charge in [0.1, 0.15) is 11.7 Å². The molecule has 4 aromatic carbocycles. The summed E-state index contributed by atoms with van der Waals surface area (Å²) in [5.41, 5.74) is 10.3. The van der Waals surface area contributed by atoms with E-state index < -0.39 is 0 Å². The largest absolute Gasteiger partial charge is 0.311 e. The molecule has 0 bridgehead atoms. The Kier molecular flexibility index (Phi) is 7.30. The first kappa shape index (κ1) is 26.5. The number of nitrogens with zero attached hydrogens (tertiary/aromatic N) is 4. The molecule has 0 saturated carbocycles. The van der Waals surface area contributed by atoms with E-state index in [1.54, 1.807) is 11.3 Å². The molecule has 3 heterocycles. The molecule has 3 aromatic heterocycles. The van der Waals surface area contributed by atoms with Gasteiger partial charge in [-0.25, -0.2) is 0 Å². The zero-order valence-corrected chi connectivity index (χ0v) is 24.5. The van der Waals surface area contributed by atoms with Crippen LogP contribution in [0.15, 0.2) is 146 Å². The molecule has 0 saturated heterocycles. The van der Waals surface area contributed by atoms with Crippen molar-refractivity contribution in [2.24, 2.45) is 7.05 Å². The Labute approximate surface area is 255 Å². The highest BCUT2D eigenvalue weighted by molar-refractivity contribution is 7.18. The number of thiazole rings is 1. The van der Waals surface area contributed by atoms with E-state index in [0.717, 1.165) is 44.9 Å². The Morgan fingerprint density at radius 1 is 0.535 bits per heavy atom. The maximum Gasteiger partial charge on any atom is 0.262 e. The molecule has 0 aliphatic rings. The number of aromatic nitrogens is 3. The molecule has 0 N–H and O–H groups in total. The van der Waals surface area contributed by atoms with Gasteiger partial charge in [0.05, 0.1) is 0 Å². The van der Waals surface area contributed by atoms with E-state index in [2.05, 4.69) is 136 Å². The number of rotatable bonds is 7. The SMILES string of the molecule is C[n+]1c(/C=C/c2ccc(N(c3ccc(-c4ccncc4)cc3)c3ccc(-c4ccncc4)cc3)cc2)sc2ccccc21. The minimum atomic E-state index is 1.09. The molecule has 4 nitrogen and oxygen atoms in total. The minimum Gasteiger partial charge on any atom is -0.311 e. The zero-order chi connectivity index (χ0) is 29.0. The van der Waals surface area contributed by atoms with Gasteiger partial charge < -0.3 is 4.90 Å². The summed E-state index contributed by atoms with van der Waals surface area (Å²) in [5, 5.41) is 1.22. The lowest BCUT2D eigenvalue weighted by molar-refractivity contribution is -0.642. The van der Waals surface area contributed by atoms with Crippen LogP contribution in [0.2, 0.25) is 0 Å². The lowest BCUT2D eigenvalue weighted by Gasteiger charge is -2.26. The number of aryl methyl sites for hydroxylation is 1. The van der Waals surface area contributed by atoms with Gasteiger partial charge in [0.15, 0.2) is 0 Å². The fourth-order valence-corrected chi connectivity index (χ4v) is 6.36. The minimum absolute atomic E-state index is 1.09. The molecule has 206 valence electrons. The lowest BCUT2D eigenvalue weighted by atomic mass is 10.0.